The van der Waals surface area contributed by atoms with Crippen molar-refractivity contribution < 1.29 is 4.74 Å². The van der Waals surface area contributed by atoms with Gasteiger partial charge in [0.25, 0.3) is 0 Å². The molecule has 23 heavy (non-hydrogen) atoms. The molecule has 0 aliphatic carbocycles. The molecule has 0 radical (unpaired) electrons. The number of nitrogens with zero attached hydrogens (tertiary/aromatic N) is 4. The van der Waals surface area contributed by atoms with Gasteiger partial charge in [-0.2, -0.15) is 4.98 Å². The summed E-state index contributed by atoms with van der Waals surface area (Å²) in [6, 6.07) is 0. The molecule has 2 aromatic rings. The first-order valence-electron chi connectivity index (χ1n) is 7.63. The molecule has 0 spiro atoms. The predicted octanol–water partition coefficient (Wildman–Crippen LogP) is 1.82. The number of nitrogens with two attached hydrogens (primary N) is 1. The van der Waals surface area contributed by atoms with Gasteiger partial charge in [0, 0.05) is 30.4 Å². The lowest BCUT2D eigenvalue weighted by Gasteiger charge is -2.31. The maximum Gasteiger partial charge on any atom is 0.222 e. The van der Waals surface area contributed by atoms with Gasteiger partial charge in [0.2, 0.25) is 5.95 Å². The first kappa shape index (κ1) is 15.3. The number of anilines is 3. The van der Waals surface area contributed by atoms with E-state index in [1.165, 1.54) is 0 Å². The quantitative estimate of drug-likeness (QED) is 0.893. The lowest BCUT2D eigenvalue weighted by Crippen LogP contribution is -2.35. The van der Waals surface area contributed by atoms with Crippen LogP contribution in [-0.2, 0) is 6.54 Å². The third-order valence-corrected chi connectivity index (χ3v) is 4.16. The Morgan fingerprint density at radius 2 is 2.09 bits per heavy atom. The van der Waals surface area contributed by atoms with Crippen molar-refractivity contribution in [1.29, 1.82) is 0 Å². The van der Waals surface area contributed by atoms with Gasteiger partial charge in [-0.1, -0.05) is 0 Å². The van der Waals surface area contributed by atoms with Crippen molar-refractivity contribution in [3.63, 3.8) is 0 Å². The Balaban J connectivity index is 1.97. The average molecular weight is 314 g/mol. The first-order valence-corrected chi connectivity index (χ1v) is 7.63. The van der Waals surface area contributed by atoms with Gasteiger partial charge in [0.15, 0.2) is 5.82 Å². The van der Waals surface area contributed by atoms with Gasteiger partial charge >= 0.3 is 0 Å². The van der Waals surface area contributed by atoms with Crippen molar-refractivity contribution in [3.8, 4) is 5.75 Å². The molecule has 0 saturated heterocycles. The SMILES string of the molecule is COc1c(C)cnc(CN2CCNc3c(C)nc(N)nc32)c1C. The number of ether oxygens (including phenoxy) is 1. The zero-order chi connectivity index (χ0) is 16.6. The highest BCUT2D eigenvalue weighted by atomic mass is 16.5. The van der Waals surface area contributed by atoms with E-state index in [4.69, 9.17) is 10.5 Å². The summed E-state index contributed by atoms with van der Waals surface area (Å²) in [7, 11) is 1.69. The minimum absolute atomic E-state index is 0.293. The molecule has 3 N–H and O–H groups in total. The van der Waals surface area contributed by atoms with Crippen molar-refractivity contribution in [2.24, 2.45) is 0 Å². The number of hydrogen-bond acceptors (Lipinski definition) is 7. The number of aryl methyl sites for hydroxylation is 2. The normalized spacial score (nSPS) is 13.5. The number of nitrogens with one attached hydrogen (secondary N) is 1. The molecule has 3 heterocycles. The fourth-order valence-corrected chi connectivity index (χ4v) is 3.00. The Labute approximate surface area is 135 Å². The van der Waals surface area contributed by atoms with E-state index in [-0.39, 0.29) is 0 Å². The number of methoxy groups -OCH3 is 1. The molecular weight excluding hydrogens is 292 g/mol. The summed E-state index contributed by atoms with van der Waals surface area (Å²) in [6.45, 7) is 8.30. The fraction of sp³-hybridized carbons (Fsp3) is 0.438. The van der Waals surface area contributed by atoms with Gasteiger partial charge < -0.3 is 20.7 Å². The second-order valence-electron chi connectivity index (χ2n) is 5.76. The lowest BCUT2D eigenvalue weighted by atomic mass is 10.1. The molecule has 7 nitrogen and oxygen atoms in total. The van der Waals surface area contributed by atoms with Crippen molar-refractivity contribution in [3.05, 3.63) is 28.7 Å². The summed E-state index contributed by atoms with van der Waals surface area (Å²) in [5.41, 5.74) is 10.7. The predicted molar refractivity (Wildman–Crippen MR) is 91.0 cm³/mol. The molecule has 0 saturated carbocycles. The van der Waals surface area contributed by atoms with E-state index in [2.05, 4.69) is 25.2 Å². The van der Waals surface area contributed by atoms with Crippen LogP contribution in [-0.4, -0.2) is 35.2 Å². The van der Waals surface area contributed by atoms with E-state index < -0.39 is 0 Å². The Bertz CT molecular complexity index is 746. The highest BCUT2D eigenvalue weighted by molar-refractivity contribution is 5.71. The lowest BCUT2D eigenvalue weighted by molar-refractivity contribution is 0.406. The number of pyridine rings is 1. The van der Waals surface area contributed by atoms with Crippen LogP contribution in [0.25, 0.3) is 0 Å². The zero-order valence-electron chi connectivity index (χ0n) is 14.0. The Morgan fingerprint density at radius 1 is 1.30 bits per heavy atom. The summed E-state index contributed by atoms with van der Waals surface area (Å²) in [5.74, 6) is 2.02. The van der Waals surface area contributed by atoms with Crippen molar-refractivity contribution in [2.45, 2.75) is 27.3 Å². The largest absolute Gasteiger partial charge is 0.496 e. The highest BCUT2D eigenvalue weighted by Gasteiger charge is 2.23. The van der Waals surface area contributed by atoms with E-state index >= 15 is 0 Å². The molecule has 2 aromatic heterocycles. The van der Waals surface area contributed by atoms with Gasteiger partial charge in [0.05, 0.1) is 30.7 Å². The standard InChI is InChI=1S/C16H22N6O/c1-9-7-19-12(10(2)14(9)23-4)8-22-6-5-18-13-11(3)20-16(17)21-15(13)22/h7,18H,5-6,8H2,1-4H3,(H2,17,20,21). The van der Waals surface area contributed by atoms with Crippen LogP contribution in [0.15, 0.2) is 6.20 Å². The van der Waals surface area contributed by atoms with E-state index in [0.717, 1.165) is 52.9 Å². The van der Waals surface area contributed by atoms with Crippen LogP contribution < -0.4 is 20.7 Å². The van der Waals surface area contributed by atoms with Crippen LogP contribution in [0.5, 0.6) is 5.75 Å². The molecule has 0 unspecified atom stereocenters. The number of aromatic nitrogens is 3. The van der Waals surface area contributed by atoms with Crippen molar-refractivity contribution in [1.82, 2.24) is 15.0 Å². The molecule has 1 aliphatic rings. The molecule has 0 bridgehead atoms. The maximum atomic E-state index is 5.82. The zero-order valence-corrected chi connectivity index (χ0v) is 14.0. The molecule has 0 atom stereocenters. The minimum Gasteiger partial charge on any atom is -0.496 e. The third-order valence-electron chi connectivity index (χ3n) is 4.16. The van der Waals surface area contributed by atoms with Crippen LogP contribution >= 0.6 is 0 Å². The maximum absolute atomic E-state index is 5.82. The Hall–Kier alpha value is -2.57. The molecule has 3 rings (SSSR count). The van der Waals surface area contributed by atoms with Gasteiger partial charge in [-0.05, 0) is 20.8 Å². The van der Waals surface area contributed by atoms with Crippen LogP contribution in [0.4, 0.5) is 17.5 Å². The average Bonchev–Trinajstić information content (AvgIpc) is 2.51. The Kier molecular flexibility index (Phi) is 3.94. The number of nitrogen functional groups attached to an aromatic ring is 1. The second kappa shape index (κ2) is 5.91. The van der Waals surface area contributed by atoms with Gasteiger partial charge in [-0.15, -0.1) is 0 Å². The Morgan fingerprint density at radius 3 is 2.83 bits per heavy atom. The topological polar surface area (TPSA) is 89.2 Å². The van der Waals surface area contributed by atoms with Crippen LogP contribution in [0.3, 0.4) is 0 Å². The molecular formula is C16H22N6O. The molecule has 0 fully saturated rings. The van der Waals surface area contributed by atoms with E-state index in [1.807, 2.05) is 27.0 Å². The van der Waals surface area contributed by atoms with Gasteiger partial charge in [0.1, 0.15) is 5.75 Å². The highest BCUT2D eigenvalue weighted by Crippen LogP contribution is 2.32. The van der Waals surface area contributed by atoms with Crippen LogP contribution in [0.2, 0.25) is 0 Å². The van der Waals surface area contributed by atoms with Crippen molar-refractivity contribution in [2.75, 3.05) is 36.1 Å². The molecule has 122 valence electrons. The second-order valence-corrected chi connectivity index (χ2v) is 5.76. The van der Waals surface area contributed by atoms with Gasteiger partial charge in [-0.25, -0.2) is 4.98 Å². The van der Waals surface area contributed by atoms with Gasteiger partial charge in [-0.3, -0.25) is 4.98 Å². The fourth-order valence-electron chi connectivity index (χ4n) is 3.00. The number of hydrogen-bond donors (Lipinski definition) is 2. The van der Waals surface area contributed by atoms with Crippen molar-refractivity contribution >= 4 is 17.5 Å². The van der Waals surface area contributed by atoms with E-state index in [0.29, 0.717) is 12.5 Å². The van der Waals surface area contributed by atoms with E-state index in [9.17, 15) is 0 Å². The monoisotopic (exact) mass is 314 g/mol. The molecule has 0 aromatic carbocycles. The number of rotatable bonds is 3. The van der Waals surface area contributed by atoms with Crippen LogP contribution in [0.1, 0.15) is 22.5 Å². The molecule has 1 aliphatic heterocycles. The minimum atomic E-state index is 0.293. The summed E-state index contributed by atoms with van der Waals surface area (Å²) in [4.78, 5) is 15.4. The number of fused-ring (bicyclic) bond motifs is 1. The van der Waals surface area contributed by atoms with E-state index in [1.54, 1.807) is 7.11 Å². The summed E-state index contributed by atoms with van der Waals surface area (Å²) in [6.07, 6.45) is 1.85. The summed E-state index contributed by atoms with van der Waals surface area (Å²) < 4.78 is 5.50. The van der Waals surface area contributed by atoms with Crippen LogP contribution in [0, 0.1) is 20.8 Å². The summed E-state index contributed by atoms with van der Waals surface area (Å²) >= 11 is 0. The smallest absolute Gasteiger partial charge is 0.222 e. The molecule has 7 heteroatoms. The molecule has 0 amide bonds. The first-order chi connectivity index (χ1) is 11.0. The third kappa shape index (κ3) is 2.74. The summed E-state index contributed by atoms with van der Waals surface area (Å²) in [5, 5.41) is 3.35.